The lowest BCUT2D eigenvalue weighted by atomic mass is 10.0. The SMILES string of the molecule is Cc1ccc(C2=NO[C@@H](CN(Cc3ccccc3Cl)C(=O)NC(C)C)C2)cc1. The van der Waals surface area contributed by atoms with E-state index in [1.165, 1.54) is 5.56 Å². The van der Waals surface area contributed by atoms with Crippen LogP contribution in [0, 0.1) is 6.92 Å². The molecule has 28 heavy (non-hydrogen) atoms. The Morgan fingerprint density at radius 3 is 2.64 bits per heavy atom. The van der Waals surface area contributed by atoms with E-state index in [-0.39, 0.29) is 18.2 Å². The number of nitrogens with one attached hydrogen (secondary N) is 1. The van der Waals surface area contributed by atoms with E-state index in [1.807, 2.05) is 50.2 Å². The van der Waals surface area contributed by atoms with Crippen LogP contribution in [0.25, 0.3) is 0 Å². The Morgan fingerprint density at radius 1 is 1.25 bits per heavy atom. The lowest BCUT2D eigenvalue weighted by molar-refractivity contribution is 0.0586. The molecule has 5 nitrogen and oxygen atoms in total. The fourth-order valence-electron chi connectivity index (χ4n) is 3.08. The molecule has 0 fully saturated rings. The van der Waals surface area contributed by atoms with Crippen LogP contribution >= 0.6 is 11.6 Å². The fraction of sp³-hybridized carbons (Fsp3) is 0.364. The number of benzene rings is 2. The highest BCUT2D eigenvalue weighted by molar-refractivity contribution is 6.31. The molecule has 1 N–H and O–H groups in total. The minimum atomic E-state index is -0.184. The Hall–Kier alpha value is -2.53. The van der Waals surface area contributed by atoms with Crippen LogP contribution in [0.15, 0.2) is 53.7 Å². The van der Waals surface area contributed by atoms with E-state index in [1.54, 1.807) is 4.90 Å². The van der Waals surface area contributed by atoms with Crippen LogP contribution in [0.1, 0.15) is 37.0 Å². The van der Waals surface area contributed by atoms with E-state index in [2.05, 4.69) is 29.5 Å². The summed E-state index contributed by atoms with van der Waals surface area (Å²) in [6, 6.07) is 15.7. The predicted molar refractivity (Wildman–Crippen MR) is 113 cm³/mol. The zero-order valence-electron chi connectivity index (χ0n) is 16.5. The van der Waals surface area contributed by atoms with Crippen molar-refractivity contribution in [2.75, 3.05) is 6.54 Å². The van der Waals surface area contributed by atoms with Gasteiger partial charge in [0.2, 0.25) is 0 Å². The third-order valence-corrected chi connectivity index (χ3v) is 4.93. The summed E-state index contributed by atoms with van der Waals surface area (Å²) in [5, 5.41) is 7.85. The third-order valence-electron chi connectivity index (χ3n) is 4.56. The van der Waals surface area contributed by atoms with Crippen LogP contribution < -0.4 is 5.32 Å². The Morgan fingerprint density at radius 2 is 1.96 bits per heavy atom. The van der Waals surface area contributed by atoms with E-state index in [0.29, 0.717) is 24.5 Å². The number of hydrogen-bond acceptors (Lipinski definition) is 3. The molecule has 1 aliphatic heterocycles. The van der Waals surface area contributed by atoms with Crippen molar-refractivity contribution in [1.29, 1.82) is 0 Å². The quantitative estimate of drug-likeness (QED) is 0.761. The molecule has 2 aromatic carbocycles. The van der Waals surface area contributed by atoms with Gasteiger partial charge < -0.3 is 15.1 Å². The third kappa shape index (κ3) is 5.26. The topological polar surface area (TPSA) is 53.9 Å². The second kappa shape index (κ2) is 9.11. The molecule has 0 bridgehead atoms. The first kappa shape index (κ1) is 20.2. The molecule has 1 aliphatic rings. The summed E-state index contributed by atoms with van der Waals surface area (Å²) < 4.78 is 0. The summed E-state index contributed by atoms with van der Waals surface area (Å²) in [6.07, 6.45) is 0.480. The van der Waals surface area contributed by atoms with E-state index >= 15 is 0 Å². The minimum absolute atomic E-state index is 0.0464. The number of oxime groups is 1. The van der Waals surface area contributed by atoms with Gasteiger partial charge in [-0.05, 0) is 38.0 Å². The van der Waals surface area contributed by atoms with E-state index < -0.39 is 0 Å². The average Bonchev–Trinajstić information content (AvgIpc) is 3.11. The van der Waals surface area contributed by atoms with E-state index in [4.69, 9.17) is 16.4 Å². The Balaban J connectivity index is 1.68. The summed E-state index contributed by atoms with van der Waals surface area (Å²) in [6.45, 7) is 6.78. The Labute approximate surface area is 171 Å². The molecule has 2 amide bonds. The van der Waals surface area contributed by atoms with Gasteiger partial charge >= 0.3 is 6.03 Å². The first-order valence-electron chi connectivity index (χ1n) is 9.51. The second-order valence-corrected chi connectivity index (χ2v) is 7.82. The number of hydrogen-bond donors (Lipinski definition) is 1. The summed E-state index contributed by atoms with van der Waals surface area (Å²) in [7, 11) is 0. The van der Waals surface area contributed by atoms with Gasteiger partial charge in [0.25, 0.3) is 0 Å². The van der Waals surface area contributed by atoms with Crippen molar-refractivity contribution in [1.82, 2.24) is 10.2 Å². The number of rotatable bonds is 6. The molecule has 6 heteroatoms. The van der Waals surface area contributed by atoms with Gasteiger partial charge in [0.1, 0.15) is 0 Å². The first-order valence-corrected chi connectivity index (χ1v) is 9.88. The molecule has 0 unspecified atom stereocenters. The highest BCUT2D eigenvalue weighted by Crippen LogP contribution is 2.21. The van der Waals surface area contributed by atoms with Crippen molar-refractivity contribution in [2.45, 2.75) is 45.9 Å². The average molecular weight is 400 g/mol. The largest absolute Gasteiger partial charge is 0.390 e. The van der Waals surface area contributed by atoms with Crippen molar-refractivity contribution < 1.29 is 9.63 Å². The van der Waals surface area contributed by atoms with E-state index in [9.17, 15) is 4.79 Å². The maximum atomic E-state index is 12.7. The van der Waals surface area contributed by atoms with Crippen LogP contribution in [-0.2, 0) is 11.4 Å². The van der Waals surface area contributed by atoms with Gasteiger partial charge in [0.05, 0.1) is 12.3 Å². The molecule has 1 atom stereocenters. The Kier molecular flexibility index (Phi) is 6.57. The molecule has 1 heterocycles. The monoisotopic (exact) mass is 399 g/mol. The molecule has 2 aromatic rings. The fourth-order valence-corrected chi connectivity index (χ4v) is 3.27. The number of carbonyl (C=O) groups excluding carboxylic acids is 1. The van der Waals surface area contributed by atoms with Crippen molar-refractivity contribution in [3.63, 3.8) is 0 Å². The molecular weight excluding hydrogens is 374 g/mol. The van der Waals surface area contributed by atoms with Gasteiger partial charge in [0.15, 0.2) is 6.10 Å². The molecule has 0 spiro atoms. The summed E-state index contributed by atoms with van der Waals surface area (Å²) in [5.41, 5.74) is 4.07. The van der Waals surface area contributed by atoms with Gasteiger partial charge in [-0.3, -0.25) is 0 Å². The number of aryl methyl sites for hydroxylation is 1. The Bertz CT molecular complexity index is 849. The normalized spacial score (nSPS) is 15.9. The van der Waals surface area contributed by atoms with Crippen LogP contribution in [0.4, 0.5) is 4.79 Å². The second-order valence-electron chi connectivity index (χ2n) is 7.41. The molecule has 0 aromatic heterocycles. The van der Waals surface area contributed by atoms with Gasteiger partial charge in [-0.2, -0.15) is 0 Å². The number of halogens is 1. The molecule has 0 radical (unpaired) electrons. The molecule has 3 rings (SSSR count). The number of urea groups is 1. The zero-order valence-corrected chi connectivity index (χ0v) is 17.2. The summed E-state index contributed by atoms with van der Waals surface area (Å²) >= 11 is 6.30. The smallest absolute Gasteiger partial charge is 0.318 e. The van der Waals surface area contributed by atoms with Gasteiger partial charge in [0, 0.05) is 24.0 Å². The highest BCUT2D eigenvalue weighted by Gasteiger charge is 2.27. The van der Waals surface area contributed by atoms with Crippen LogP contribution in [0.2, 0.25) is 5.02 Å². The van der Waals surface area contributed by atoms with Crippen LogP contribution in [0.5, 0.6) is 0 Å². The van der Waals surface area contributed by atoms with Crippen molar-refractivity contribution in [2.24, 2.45) is 5.16 Å². The van der Waals surface area contributed by atoms with Crippen LogP contribution in [0.3, 0.4) is 0 Å². The summed E-state index contributed by atoms with van der Waals surface area (Å²) in [5.74, 6) is 0. The van der Waals surface area contributed by atoms with Crippen molar-refractivity contribution in [3.05, 3.63) is 70.2 Å². The van der Waals surface area contributed by atoms with Gasteiger partial charge in [-0.15, -0.1) is 0 Å². The predicted octanol–water partition coefficient (Wildman–Crippen LogP) is 4.76. The standard InChI is InChI=1S/C22H26ClN3O2/c1-15(2)24-22(27)26(13-18-6-4-5-7-20(18)23)14-19-12-21(25-28-19)17-10-8-16(3)9-11-17/h4-11,15,19H,12-14H2,1-3H3,(H,24,27)/t19-/m1/s1. The van der Waals surface area contributed by atoms with Crippen LogP contribution in [-0.4, -0.2) is 35.3 Å². The number of nitrogens with zero attached hydrogens (tertiary/aromatic N) is 2. The maximum Gasteiger partial charge on any atom is 0.318 e. The van der Waals surface area contributed by atoms with Gasteiger partial charge in [-0.1, -0.05) is 64.8 Å². The highest BCUT2D eigenvalue weighted by atomic mass is 35.5. The van der Waals surface area contributed by atoms with Crippen molar-refractivity contribution in [3.8, 4) is 0 Å². The van der Waals surface area contributed by atoms with Crippen molar-refractivity contribution >= 4 is 23.3 Å². The lowest BCUT2D eigenvalue weighted by Crippen LogP contribution is -2.45. The van der Waals surface area contributed by atoms with E-state index in [0.717, 1.165) is 16.8 Å². The first-order chi connectivity index (χ1) is 13.4. The molecule has 0 saturated carbocycles. The summed E-state index contributed by atoms with van der Waals surface area (Å²) in [4.78, 5) is 20.1. The molecule has 148 valence electrons. The zero-order chi connectivity index (χ0) is 20.1. The maximum absolute atomic E-state index is 12.7. The molecule has 0 aliphatic carbocycles. The number of carbonyl (C=O) groups is 1. The molecular formula is C22H26ClN3O2. The number of amides is 2. The molecule has 0 saturated heterocycles. The lowest BCUT2D eigenvalue weighted by Gasteiger charge is -2.26. The minimum Gasteiger partial charge on any atom is -0.390 e. The van der Waals surface area contributed by atoms with Gasteiger partial charge in [-0.25, -0.2) is 4.79 Å².